The van der Waals surface area contributed by atoms with Crippen molar-refractivity contribution in [2.24, 2.45) is 29.4 Å². The molecule has 0 aliphatic rings. The number of hydrogen-bond donors (Lipinski definition) is 4. The summed E-state index contributed by atoms with van der Waals surface area (Å²) in [6, 6.07) is 5.38. The lowest BCUT2D eigenvalue weighted by Gasteiger charge is -2.29. The number of rotatable bonds is 19. The van der Waals surface area contributed by atoms with Gasteiger partial charge in [-0.1, -0.05) is 33.8 Å². The van der Waals surface area contributed by atoms with Crippen molar-refractivity contribution >= 4 is 5.97 Å². The van der Waals surface area contributed by atoms with Gasteiger partial charge in [-0.25, -0.2) is 0 Å². The fraction of sp³-hybridized carbons (Fsp3) is 0.741. The number of methoxy groups -OCH3 is 1. The minimum atomic E-state index is -0.897. The Balaban J connectivity index is 2.91. The third-order valence-corrected chi connectivity index (χ3v) is 6.45. The Morgan fingerprint density at radius 3 is 2.20 bits per heavy atom. The first-order valence-electron chi connectivity index (χ1n) is 12.7. The summed E-state index contributed by atoms with van der Waals surface area (Å²) in [6.07, 6.45) is 1.91. The molecule has 202 valence electrons. The number of nitrogens with two attached hydrogens (primary N) is 1. The van der Waals surface area contributed by atoms with Gasteiger partial charge >= 0.3 is 5.97 Å². The molecule has 0 aliphatic carbocycles. The molecular formula is C27H47NO7. The molecule has 0 heterocycles. The average molecular weight is 498 g/mol. The molecule has 1 aromatic carbocycles. The molecule has 0 bridgehead atoms. The van der Waals surface area contributed by atoms with Gasteiger partial charge < -0.3 is 35.3 Å². The number of aliphatic carboxylic acids is 1. The topological polar surface area (TPSA) is 131 Å². The van der Waals surface area contributed by atoms with Crippen molar-refractivity contribution in [3.8, 4) is 11.5 Å². The van der Waals surface area contributed by atoms with Gasteiger partial charge in [0, 0.05) is 39.2 Å². The predicted molar refractivity (Wildman–Crippen MR) is 137 cm³/mol. The van der Waals surface area contributed by atoms with Gasteiger partial charge in [0.1, 0.15) is 0 Å². The molecule has 0 amide bonds. The van der Waals surface area contributed by atoms with Crippen molar-refractivity contribution in [3.63, 3.8) is 0 Å². The molecule has 0 aromatic heterocycles. The Bertz CT molecular complexity index is 725. The Labute approximate surface area is 210 Å². The summed E-state index contributed by atoms with van der Waals surface area (Å²) in [4.78, 5) is 11.5. The van der Waals surface area contributed by atoms with E-state index in [1.165, 1.54) is 0 Å². The number of benzene rings is 1. The highest BCUT2D eigenvalue weighted by atomic mass is 16.5. The zero-order valence-electron chi connectivity index (χ0n) is 22.1. The number of carbonyl (C=O) groups is 1. The van der Waals surface area contributed by atoms with E-state index in [1.807, 2.05) is 32.0 Å². The largest absolute Gasteiger partial charge is 0.490 e. The van der Waals surface area contributed by atoms with Gasteiger partial charge in [-0.2, -0.15) is 0 Å². The van der Waals surface area contributed by atoms with Crippen LogP contribution in [0.25, 0.3) is 0 Å². The van der Waals surface area contributed by atoms with Crippen LogP contribution in [0.2, 0.25) is 0 Å². The molecule has 5 N–H and O–H groups in total. The van der Waals surface area contributed by atoms with Crippen LogP contribution in [0.3, 0.4) is 0 Å². The zero-order chi connectivity index (χ0) is 26.4. The molecule has 0 saturated carbocycles. The fourth-order valence-electron chi connectivity index (χ4n) is 4.04. The summed E-state index contributed by atoms with van der Waals surface area (Å²) >= 11 is 0. The van der Waals surface area contributed by atoms with Crippen LogP contribution < -0.4 is 15.2 Å². The summed E-state index contributed by atoms with van der Waals surface area (Å²) < 4.78 is 16.9. The first kappa shape index (κ1) is 31.2. The van der Waals surface area contributed by atoms with Gasteiger partial charge in [0.25, 0.3) is 0 Å². The maximum Gasteiger partial charge on any atom is 0.306 e. The average Bonchev–Trinajstić information content (AvgIpc) is 2.80. The van der Waals surface area contributed by atoms with Crippen molar-refractivity contribution in [2.45, 2.75) is 71.9 Å². The second kappa shape index (κ2) is 16.7. The molecule has 0 radical (unpaired) electrons. The van der Waals surface area contributed by atoms with Crippen LogP contribution in [0.15, 0.2) is 18.2 Å². The van der Waals surface area contributed by atoms with Crippen molar-refractivity contribution in [3.05, 3.63) is 23.8 Å². The highest BCUT2D eigenvalue weighted by molar-refractivity contribution is 5.70. The Hall–Kier alpha value is -1.87. The third-order valence-electron chi connectivity index (χ3n) is 6.45. The van der Waals surface area contributed by atoms with E-state index in [-0.39, 0.29) is 24.9 Å². The smallest absolute Gasteiger partial charge is 0.306 e. The highest BCUT2D eigenvalue weighted by Gasteiger charge is 2.29. The predicted octanol–water partition coefficient (Wildman–Crippen LogP) is 3.50. The molecule has 4 atom stereocenters. The van der Waals surface area contributed by atoms with Crippen LogP contribution >= 0.6 is 0 Å². The van der Waals surface area contributed by atoms with E-state index < -0.39 is 24.0 Å². The van der Waals surface area contributed by atoms with Crippen LogP contribution in [-0.2, 0) is 16.0 Å². The second-order valence-corrected chi connectivity index (χ2v) is 10.0. The second-order valence-electron chi connectivity index (χ2n) is 10.0. The van der Waals surface area contributed by atoms with E-state index >= 15 is 0 Å². The van der Waals surface area contributed by atoms with Crippen LogP contribution in [0.4, 0.5) is 0 Å². The number of aliphatic hydroxyl groups is 2. The first-order chi connectivity index (χ1) is 16.6. The van der Waals surface area contributed by atoms with Gasteiger partial charge in [-0.3, -0.25) is 4.79 Å². The van der Waals surface area contributed by atoms with Crippen LogP contribution in [0.5, 0.6) is 11.5 Å². The SMILES string of the molecule is COCCCOc1cc(C[C@@H](C[C@H](N)[C@@H](O)C[C@H](C(=O)O)C(C)C)C(C)C)ccc1OCCCO. The minimum absolute atomic E-state index is 0.0642. The van der Waals surface area contributed by atoms with Crippen molar-refractivity contribution < 1.29 is 34.3 Å². The molecular weight excluding hydrogens is 450 g/mol. The highest BCUT2D eigenvalue weighted by Crippen LogP contribution is 2.32. The number of carboxylic acid groups (broad SMARTS) is 1. The van der Waals surface area contributed by atoms with Gasteiger partial charge in [0.15, 0.2) is 11.5 Å². The maximum atomic E-state index is 11.5. The Morgan fingerprint density at radius 1 is 0.971 bits per heavy atom. The van der Waals surface area contributed by atoms with E-state index in [1.54, 1.807) is 7.11 Å². The molecule has 35 heavy (non-hydrogen) atoms. The summed E-state index contributed by atoms with van der Waals surface area (Å²) in [5, 5.41) is 29.1. The van der Waals surface area contributed by atoms with Crippen molar-refractivity contribution in [2.75, 3.05) is 33.5 Å². The van der Waals surface area contributed by atoms with E-state index in [0.717, 1.165) is 18.4 Å². The van der Waals surface area contributed by atoms with Gasteiger partial charge in [-0.05, 0) is 54.7 Å². The lowest BCUT2D eigenvalue weighted by Crippen LogP contribution is -2.40. The number of hydrogen-bond acceptors (Lipinski definition) is 7. The fourth-order valence-corrected chi connectivity index (χ4v) is 4.04. The zero-order valence-corrected chi connectivity index (χ0v) is 22.1. The monoisotopic (exact) mass is 497 g/mol. The van der Waals surface area contributed by atoms with Gasteiger partial charge in [0.2, 0.25) is 0 Å². The molecule has 0 fully saturated rings. The summed E-state index contributed by atoms with van der Waals surface area (Å²) in [5.74, 6) is 0.224. The molecule has 0 aliphatic heterocycles. The van der Waals surface area contributed by atoms with Crippen molar-refractivity contribution in [1.29, 1.82) is 0 Å². The molecule has 1 aromatic rings. The third kappa shape index (κ3) is 11.6. The van der Waals surface area contributed by atoms with Crippen LogP contribution in [-0.4, -0.2) is 67.0 Å². The maximum absolute atomic E-state index is 11.5. The standard InChI is InChI=1S/C27H47NO7/c1-18(2)21(16-23(28)24(30)17-22(19(3)4)27(31)32)14-20-8-9-25(34-12-6-10-29)26(15-20)35-13-7-11-33-5/h8-9,15,18-19,21-24,29-30H,6-7,10-14,16-17,28H2,1-5H3,(H,31,32)/t21-,22-,23-,24-/m0/s1. The van der Waals surface area contributed by atoms with Gasteiger partial charge in [0.05, 0.1) is 25.2 Å². The van der Waals surface area contributed by atoms with E-state index in [4.69, 9.17) is 25.1 Å². The van der Waals surface area contributed by atoms with E-state index in [0.29, 0.717) is 50.1 Å². The molecule has 0 spiro atoms. The van der Waals surface area contributed by atoms with Crippen LogP contribution in [0, 0.1) is 23.7 Å². The quantitative estimate of drug-likeness (QED) is 0.214. The lowest BCUT2D eigenvalue weighted by atomic mass is 9.81. The van der Waals surface area contributed by atoms with Crippen LogP contribution in [0.1, 0.15) is 58.9 Å². The summed E-state index contributed by atoms with van der Waals surface area (Å²) in [7, 11) is 1.66. The normalized spacial score (nSPS) is 15.1. The number of ether oxygens (including phenoxy) is 3. The molecule has 8 heteroatoms. The van der Waals surface area contributed by atoms with Gasteiger partial charge in [-0.15, -0.1) is 0 Å². The van der Waals surface area contributed by atoms with E-state index in [9.17, 15) is 15.0 Å². The minimum Gasteiger partial charge on any atom is -0.490 e. The molecule has 0 unspecified atom stereocenters. The lowest BCUT2D eigenvalue weighted by molar-refractivity contribution is -0.144. The molecule has 1 rings (SSSR count). The summed E-state index contributed by atoms with van der Waals surface area (Å²) in [6.45, 7) is 9.53. The molecule has 0 saturated heterocycles. The summed E-state index contributed by atoms with van der Waals surface area (Å²) in [5.41, 5.74) is 7.43. The first-order valence-corrected chi connectivity index (χ1v) is 12.7. The Kier molecular flexibility index (Phi) is 14.9. The molecule has 8 nitrogen and oxygen atoms in total. The Morgan fingerprint density at radius 2 is 1.63 bits per heavy atom. The van der Waals surface area contributed by atoms with Crippen molar-refractivity contribution in [1.82, 2.24) is 0 Å². The van der Waals surface area contributed by atoms with E-state index in [2.05, 4.69) is 13.8 Å². The number of aliphatic hydroxyl groups excluding tert-OH is 2. The number of carboxylic acids is 1.